The van der Waals surface area contributed by atoms with Crippen molar-refractivity contribution in [1.82, 2.24) is 5.32 Å². The molecule has 1 aromatic carbocycles. The van der Waals surface area contributed by atoms with Crippen LogP contribution in [-0.4, -0.2) is 19.0 Å². The lowest BCUT2D eigenvalue weighted by Gasteiger charge is -2.23. The van der Waals surface area contributed by atoms with Crippen LogP contribution in [0.2, 0.25) is 0 Å². The third kappa shape index (κ3) is 2.73. The van der Waals surface area contributed by atoms with Crippen LogP contribution >= 0.6 is 0 Å². The van der Waals surface area contributed by atoms with Crippen LogP contribution in [-0.2, 0) is 12.6 Å². The summed E-state index contributed by atoms with van der Waals surface area (Å²) in [6.45, 7) is 1.02. The molecule has 0 radical (unpaired) electrons. The highest BCUT2D eigenvalue weighted by atomic mass is 19.4. The van der Waals surface area contributed by atoms with Gasteiger partial charge in [0.05, 0.1) is 5.56 Å². The van der Waals surface area contributed by atoms with Crippen LogP contribution in [0, 0.1) is 17.2 Å². The fraction of sp³-hybridized carbons (Fsp3) is 0.625. The van der Waals surface area contributed by atoms with E-state index in [0.717, 1.165) is 12.1 Å². The van der Waals surface area contributed by atoms with Crippen molar-refractivity contribution in [3.8, 4) is 0 Å². The fourth-order valence-electron chi connectivity index (χ4n) is 3.93. The molecule has 1 heterocycles. The van der Waals surface area contributed by atoms with E-state index in [1.165, 1.54) is 0 Å². The largest absolute Gasteiger partial charge is 0.416 e. The number of hydrogen-bond acceptors (Lipinski definition) is 1. The highest BCUT2D eigenvalue weighted by Gasteiger charge is 2.78. The van der Waals surface area contributed by atoms with Gasteiger partial charge in [-0.2, -0.15) is 13.2 Å². The van der Waals surface area contributed by atoms with Crippen LogP contribution in [0.3, 0.4) is 0 Å². The Kier molecular flexibility index (Phi) is 3.90. The molecule has 3 rings (SSSR count). The van der Waals surface area contributed by atoms with Gasteiger partial charge in [-0.15, -0.1) is 0 Å². The molecule has 1 saturated carbocycles. The van der Waals surface area contributed by atoms with E-state index in [-0.39, 0.29) is 18.4 Å². The Balaban J connectivity index is 1.75. The highest BCUT2D eigenvalue weighted by molar-refractivity contribution is 5.31. The van der Waals surface area contributed by atoms with Crippen LogP contribution in [0.5, 0.6) is 0 Å². The normalized spacial score (nSPS) is 25.6. The monoisotopic (exact) mass is 337 g/mol. The average molecular weight is 337 g/mol. The second kappa shape index (κ2) is 5.40. The molecule has 1 saturated heterocycles. The van der Waals surface area contributed by atoms with Crippen molar-refractivity contribution >= 4 is 0 Å². The second-order valence-corrected chi connectivity index (χ2v) is 6.42. The zero-order valence-corrected chi connectivity index (χ0v) is 12.3. The van der Waals surface area contributed by atoms with Crippen molar-refractivity contribution in [3.63, 3.8) is 0 Å². The van der Waals surface area contributed by atoms with Gasteiger partial charge in [-0.05, 0) is 56.5 Å². The van der Waals surface area contributed by atoms with E-state index in [0.29, 0.717) is 32.0 Å². The lowest BCUT2D eigenvalue weighted by Crippen LogP contribution is -2.32. The summed E-state index contributed by atoms with van der Waals surface area (Å²) in [5, 5.41) is 3.02. The maximum Gasteiger partial charge on any atom is 0.416 e. The first-order valence-corrected chi connectivity index (χ1v) is 7.63. The first kappa shape index (κ1) is 16.6. The molecule has 0 bridgehead atoms. The van der Waals surface area contributed by atoms with Crippen molar-refractivity contribution < 1.29 is 26.3 Å². The molecule has 2 fully saturated rings. The smallest absolute Gasteiger partial charge is 0.317 e. The molecule has 1 nitrogen and oxygen atoms in total. The van der Waals surface area contributed by atoms with E-state index < -0.39 is 34.8 Å². The fourth-order valence-corrected chi connectivity index (χ4v) is 3.93. The van der Waals surface area contributed by atoms with E-state index >= 15 is 0 Å². The number of hydrogen-bond donors (Lipinski definition) is 1. The van der Waals surface area contributed by atoms with E-state index in [9.17, 15) is 26.3 Å². The van der Waals surface area contributed by atoms with Crippen LogP contribution < -0.4 is 5.32 Å². The van der Waals surface area contributed by atoms with E-state index in [1.54, 1.807) is 0 Å². The van der Waals surface area contributed by atoms with Gasteiger partial charge in [0, 0.05) is 11.3 Å². The van der Waals surface area contributed by atoms with Gasteiger partial charge in [-0.1, -0.05) is 6.07 Å². The van der Waals surface area contributed by atoms with Gasteiger partial charge >= 0.3 is 6.18 Å². The molecule has 7 heteroatoms. The number of alkyl halides is 5. The molecule has 1 spiro atoms. The topological polar surface area (TPSA) is 12.0 Å². The lowest BCUT2D eigenvalue weighted by atomic mass is 9.89. The van der Waals surface area contributed by atoms with Gasteiger partial charge in [-0.25, -0.2) is 13.2 Å². The van der Waals surface area contributed by atoms with Gasteiger partial charge in [0.25, 0.3) is 5.92 Å². The molecule has 1 unspecified atom stereocenters. The Labute approximate surface area is 130 Å². The molecule has 23 heavy (non-hydrogen) atoms. The summed E-state index contributed by atoms with van der Waals surface area (Å²) in [5.74, 6) is -4.68. The quantitative estimate of drug-likeness (QED) is 0.806. The molecular weight excluding hydrogens is 320 g/mol. The SMILES string of the molecule is Fc1ccc(CCC2C(F)(F)C23CCNCC3)c(C(F)(F)F)c1. The second-order valence-electron chi connectivity index (χ2n) is 6.42. The van der Waals surface area contributed by atoms with Crippen molar-refractivity contribution in [3.05, 3.63) is 35.1 Å². The predicted molar refractivity (Wildman–Crippen MR) is 72.7 cm³/mol. The standard InChI is InChI=1S/C16H17F6N/c17-11-3-1-10(12(9-11)16(20,21)22)2-4-13-14(15(13,18)19)5-7-23-8-6-14/h1,3,9,13,23H,2,4-8H2. The first-order valence-electron chi connectivity index (χ1n) is 7.63. The van der Waals surface area contributed by atoms with Gasteiger partial charge in [0.15, 0.2) is 0 Å². The minimum absolute atomic E-state index is 0.0122. The molecule has 2 aliphatic rings. The third-order valence-corrected chi connectivity index (χ3v) is 5.26. The number of rotatable bonds is 3. The predicted octanol–water partition coefficient (Wildman–Crippen LogP) is 4.41. The van der Waals surface area contributed by atoms with Gasteiger partial charge in [0.2, 0.25) is 0 Å². The van der Waals surface area contributed by atoms with Gasteiger partial charge < -0.3 is 5.32 Å². The van der Waals surface area contributed by atoms with Crippen molar-refractivity contribution in [2.75, 3.05) is 13.1 Å². The zero-order chi connectivity index (χ0) is 16.9. The Bertz CT molecular complexity index is 589. The highest BCUT2D eigenvalue weighted by Crippen LogP contribution is 2.71. The summed E-state index contributed by atoms with van der Waals surface area (Å²) in [5.41, 5.74) is -2.25. The third-order valence-electron chi connectivity index (χ3n) is 5.26. The Morgan fingerprint density at radius 1 is 1.13 bits per heavy atom. The van der Waals surface area contributed by atoms with Crippen molar-refractivity contribution in [2.45, 2.75) is 37.8 Å². The van der Waals surface area contributed by atoms with Crippen molar-refractivity contribution in [2.24, 2.45) is 11.3 Å². The summed E-state index contributed by atoms with van der Waals surface area (Å²) >= 11 is 0. The molecule has 0 amide bonds. The zero-order valence-electron chi connectivity index (χ0n) is 12.3. The molecule has 1 aliphatic carbocycles. The van der Waals surface area contributed by atoms with Crippen LogP contribution in [0.1, 0.15) is 30.4 Å². The summed E-state index contributed by atoms with van der Waals surface area (Å²) in [7, 11) is 0. The van der Waals surface area contributed by atoms with E-state index in [4.69, 9.17) is 0 Å². The van der Waals surface area contributed by atoms with Crippen molar-refractivity contribution in [1.29, 1.82) is 0 Å². The molecular formula is C16H17F6N. The number of benzene rings is 1. The summed E-state index contributed by atoms with van der Waals surface area (Å²) in [4.78, 5) is 0. The summed E-state index contributed by atoms with van der Waals surface area (Å²) in [6, 6.07) is 2.42. The maximum atomic E-state index is 14.1. The Morgan fingerprint density at radius 3 is 2.39 bits per heavy atom. The molecule has 1 N–H and O–H groups in total. The maximum absolute atomic E-state index is 14.1. The summed E-state index contributed by atoms with van der Waals surface area (Å²) in [6.07, 6.45) is -4.12. The molecule has 1 aromatic rings. The minimum Gasteiger partial charge on any atom is -0.317 e. The Hall–Kier alpha value is -1.24. The molecule has 1 aliphatic heterocycles. The molecule has 0 aromatic heterocycles. The van der Waals surface area contributed by atoms with E-state index in [2.05, 4.69) is 5.32 Å². The van der Waals surface area contributed by atoms with Crippen LogP contribution in [0.15, 0.2) is 18.2 Å². The van der Waals surface area contributed by atoms with Gasteiger partial charge in [0.1, 0.15) is 5.82 Å². The molecule has 1 atom stereocenters. The van der Waals surface area contributed by atoms with E-state index in [1.807, 2.05) is 0 Å². The number of aryl methyl sites for hydroxylation is 1. The summed E-state index contributed by atoms with van der Waals surface area (Å²) < 4.78 is 80.2. The van der Waals surface area contributed by atoms with Gasteiger partial charge in [-0.3, -0.25) is 0 Å². The number of nitrogens with one attached hydrogen (secondary N) is 1. The Morgan fingerprint density at radius 2 is 1.78 bits per heavy atom. The minimum atomic E-state index is -4.68. The number of halogens is 6. The first-order chi connectivity index (χ1) is 10.7. The van der Waals surface area contributed by atoms with Crippen LogP contribution in [0.4, 0.5) is 26.3 Å². The van der Waals surface area contributed by atoms with Crippen LogP contribution in [0.25, 0.3) is 0 Å². The average Bonchev–Trinajstić information content (AvgIpc) is 2.91. The lowest BCUT2D eigenvalue weighted by molar-refractivity contribution is -0.138. The number of piperidine rings is 1. The molecule has 128 valence electrons.